The van der Waals surface area contributed by atoms with Crippen molar-refractivity contribution in [2.45, 2.75) is 18.8 Å². The third-order valence-corrected chi connectivity index (χ3v) is 4.65. The van der Waals surface area contributed by atoms with Crippen LogP contribution >= 0.6 is 0 Å². The fourth-order valence-corrected chi connectivity index (χ4v) is 3.33. The summed E-state index contributed by atoms with van der Waals surface area (Å²) < 4.78 is 6.74. The van der Waals surface area contributed by atoms with E-state index in [0.29, 0.717) is 11.7 Å². The number of fused-ring (bicyclic) bond motifs is 1. The molecule has 4 rings (SSSR count). The first-order chi connectivity index (χ1) is 11.2. The molecule has 5 nitrogen and oxygen atoms in total. The van der Waals surface area contributed by atoms with Crippen LogP contribution in [-0.2, 0) is 0 Å². The van der Waals surface area contributed by atoms with Crippen molar-refractivity contribution in [1.29, 1.82) is 0 Å². The van der Waals surface area contributed by atoms with E-state index >= 15 is 0 Å². The maximum Gasteiger partial charge on any atom is 0.314 e. The second-order valence-corrected chi connectivity index (χ2v) is 6.17. The van der Waals surface area contributed by atoms with Crippen molar-refractivity contribution in [1.82, 2.24) is 14.7 Å². The van der Waals surface area contributed by atoms with Crippen LogP contribution in [0.4, 0.5) is 0 Å². The predicted molar refractivity (Wildman–Crippen MR) is 87.6 cm³/mol. The van der Waals surface area contributed by atoms with Crippen molar-refractivity contribution in [3.8, 4) is 0 Å². The Morgan fingerprint density at radius 3 is 2.70 bits per heavy atom. The third kappa shape index (κ3) is 2.47. The summed E-state index contributed by atoms with van der Waals surface area (Å²) in [7, 11) is 2.15. The highest BCUT2D eigenvalue weighted by atomic mass is 16.3. The number of furan rings is 1. The van der Waals surface area contributed by atoms with Gasteiger partial charge in [0.25, 0.3) is 0 Å². The average Bonchev–Trinajstić information content (AvgIpc) is 3.23. The molecule has 0 N–H and O–H groups in total. The van der Waals surface area contributed by atoms with Crippen molar-refractivity contribution in [3.05, 3.63) is 54.1 Å². The van der Waals surface area contributed by atoms with Gasteiger partial charge in [-0.1, -0.05) is 18.2 Å². The number of carbonyl (C=O) groups excluding carboxylic acids is 1. The summed E-state index contributed by atoms with van der Waals surface area (Å²) in [5, 5.41) is 5.75. The second-order valence-electron chi connectivity index (χ2n) is 6.17. The van der Waals surface area contributed by atoms with Crippen LogP contribution in [0.3, 0.4) is 0 Å². The van der Waals surface area contributed by atoms with Gasteiger partial charge in [-0.2, -0.15) is 9.78 Å². The molecule has 1 aliphatic heterocycles. The van der Waals surface area contributed by atoms with Crippen LogP contribution in [0.5, 0.6) is 0 Å². The van der Waals surface area contributed by atoms with Crippen LogP contribution in [0.1, 0.15) is 35.0 Å². The molecule has 0 saturated carbocycles. The van der Waals surface area contributed by atoms with Crippen molar-refractivity contribution in [2.75, 3.05) is 20.1 Å². The monoisotopic (exact) mass is 309 g/mol. The number of rotatable bonds is 2. The van der Waals surface area contributed by atoms with Gasteiger partial charge in [0.15, 0.2) is 5.76 Å². The number of piperidine rings is 1. The lowest BCUT2D eigenvalue weighted by Gasteiger charge is -2.28. The second kappa shape index (κ2) is 5.66. The molecule has 1 saturated heterocycles. The highest BCUT2D eigenvalue weighted by Crippen LogP contribution is 2.32. The first-order valence-corrected chi connectivity index (χ1v) is 7.98. The summed E-state index contributed by atoms with van der Waals surface area (Å²) >= 11 is 0. The quantitative estimate of drug-likeness (QED) is 0.730. The number of hydrogen-bond acceptors (Lipinski definition) is 4. The molecule has 0 radical (unpaired) electrons. The largest absolute Gasteiger partial charge is 0.459 e. The maximum atomic E-state index is 12.7. The number of nitrogens with zero attached hydrogens (tertiary/aromatic N) is 3. The molecule has 1 fully saturated rings. The molecular weight excluding hydrogens is 290 g/mol. The number of para-hydroxylation sites is 1. The number of benzene rings is 1. The van der Waals surface area contributed by atoms with Gasteiger partial charge < -0.3 is 9.32 Å². The first kappa shape index (κ1) is 14.2. The van der Waals surface area contributed by atoms with Gasteiger partial charge in [0, 0.05) is 11.3 Å². The minimum atomic E-state index is -0.217. The van der Waals surface area contributed by atoms with E-state index in [1.165, 1.54) is 10.9 Å². The molecule has 5 heteroatoms. The summed E-state index contributed by atoms with van der Waals surface area (Å²) in [6, 6.07) is 11.3. The molecule has 0 unspecified atom stereocenters. The Hall–Kier alpha value is -2.40. The van der Waals surface area contributed by atoms with E-state index in [1.807, 2.05) is 18.2 Å². The molecule has 3 heterocycles. The van der Waals surface area contributed by atoms with Crippen molar-refractivity contribution in [2.24, 2.45) is 0 Å². The summed E-state index contributed by atoms with van der Waals surface area (Å²) in [6.07, 6.45) is 3.66. The lowest BCUT2D eigenvalue weighted by Crippen LogP contribution is -2.29. The van der Waals surface area contributed by atoms with E-state index in [2.05, 4.69) is 23.1 Å². The summed E-state index contributed by atoms with van der Waals surface area (Å²) in [4.78, 5) is 15.0. The Kier molecular flexibility index (Phi) is 3.50. The average molecular weight is 309 g/mol. The van der Waals surface area contributed by atoms with Crippen LogP contribution in [0.15, 0.2) is 47.1 Å². The topological polar surface area (TPSA) is 51.3 Å². The summed E-state index contributed by atoms with van der Waals surface area (Å²) in [6.45, 7) is 2.13. The zero-order valence-electron chi connectivity index (χ0n) is 13.1. The molecule has 2 aromatic heterocycles. The Balaban J connectivity index is 1.79. The van der Waals surface area contributed by atoms with E-state index in [9.17, 15) is 4.79 Å². The Labute approximate surface area is 134 Å². The summed E-state index contributed by atoms with van der Waals surface area (Å²) in [5.41, 5.74) is 1.89. The normalized spacial score (nSPS) is 16.9. The van der Waals surface area contributed by atoms with Gasteiger partial charge in [-0.25, -0.2) is 0 Å². The predicted octanol–water partition coefficient (Wildman–Crippen LogP) is 3.13. The van der Waals surface area contributed by atoms with E-state index in [4.69, 9.17) is 4.42 Å². The molecule has 0 aliphatic carbocycles. The van der Waals surface area contributed by atoms with Crippen LogP contribution in [0.2, 0.25) is 0 Å². The standard InChI is InChI=1S/C18H19N3O2/c1-20-10-8-13(9-11-20)17-14-5-2-3-6-15(14)21(19-17)18(22)16-7-4-12-23-16/h2-7,12-13H,8-11H2,1H3. The molecule has 0 amide bonds. The smallest absolute Gasteiger partial charge is 0.314 e. The highest BCUT2D eigenvalue weighted by molar-refractivity contribution is 5.99. The molecule has 23 heavy (non-hydrogen) atoms. The highest BCUT2D eigenvalue weighted by Gasteiger charge is 2.26. The van der Waals surface area contributed by atoms with Gasteiger partial charge in [-0.05, 0) is 51.2 Å². The van der Waals surface area contributed by atoms with Gasteiger partial charge in [0.05, 0.1) is 17.5 Å². The van der Waals surface area contributed by atoms with Gasteiger partial charge >= 0.3 is 5.91 Å². The molecule has 0 bridgehead atoms. The van der Waals surface area contributed by atoms with Crippen LogP contribution in [0.25, 0.3) is 10.9 Å². The van der Waals surface area contributed by atoms with Crippen molar-refractivity contribution < 1.29 is 9.21 Å². The van der Waals surface area contributed by atoms with E-state index in [1.54, 1.807) is 12.1 Å². The molecule has 118 valence electrons. The molecule has 0 spiro atoms. The van der Waals surface area contributed by atoms with Gasteiger partial charge in [0.1, 0.15) is 0 Å². The molecular formula is C18H19N3O2. The fraction of sp³-hybridized carbons (Fsp3) is 0.333. The van der Waals surface area contributed by atoms with Gasteiger partial charge in [0.2, 0.25) is 0 Å². The minimum absolute atomic E-state index is 0.217. The molecule has 0 atom stereocenters. The zero-order chi connectivity index (χ0) is 15.8. The third-order valence-electron chi connectivity index (χ3n) is 4.65. The van der Waals surface area contributed by atoms with Gasteiger partial charge in [-0.15, -0.1) is 0 Å². The lowest BCUT2D eigenvalue weighted by molar-refractivity contribution is 0.0921. The number of hydrogen-bond donors (Lipinski definition) is 0. The fourth-order valence-electron chi connectivity index (χ4n) is 3.33. The van der Waals surface area contributed by atoms with Crippen LogP contribution in [-0.4, -0.2) is 40.7 Å². The number of aromatic nitrogens is 2. The number of carbonyl (C=O) groups is 1. The van der Waals surface area contributed by atoms with E-state index in [-0.39, 0.29) is 5.91 Å². The summed E-state index contributed by atoms with van der Waals surface area (Å²) in [5.74, 6) is 0.500. The van der Waals surface area contributed by atoms with Gasteiger partial charge in [-0.3, -0.25) is 4.79 Å². The number of likely N-dealkylation sites (tertiary alicyclic amines) is 1. The lowest BCUT2D eigenvalue weighted by atomic mass is 9.92. The SMILES string of the molecule is CN1CCC(c2nn(C(=O)c3ccco3)c3ccccc23)CC1. The molecule has 1 aromatic carbocycles. The Morgan fingerprint density at radius 1 is 1.17 bits per heavy atom. The zero-order valence-corrected chi connectivity index (χ0v) is 13.1. The van der Waals surface area contributed by atoms with Crippen LogP contribution in [0, 0.1) is 0 Å². The van der Waals surface area contributed by atoms with Crippen molar-refractivity contribution >= 4 is 16.8 Å². The maximum absolute atomic E-state index is 12.7. The minimum Gasteiger partial charge on any atom is -0.459 e. The molecule has 1 aliphatic rings. The van der Waals surface area contributed by atoms with Crippen molar-refractivity contribution in [3.63, 3.8) is 0 Å². The first-order valence-electron chi connectivity index (χ1n) is 7.98. The van der Waals surface area contributed by atoms with E-state index in [0.717, 1.165) is 42.5 Å². The van der Waals surface area contributed by atoms with E-state index < -0.39 is 0 Å². The Morgan fingerprint density at radius 2 is 1.96 bits per heavy atom. The Bertz CT molecular complexity index is 827. The molecule has 3 aromatic rings. The van der Waals surface area contributed by atoms with Crippen LogP contribution < -0.4 is 0 Å².